The normalized spacial score (nSPS) is 21.5. The monoisotopic (exact) mass is 858 g/mol. The summed E-state index contributed by atoms with van der Waals surface area (Å²) in [6.07, 6.45) is 33.6. The number of hydrogen-bond acceptors (Lipinski definition) is 9. The van der Waals surface area contributed by atoms with E-state index in [1.54, 1.807) is 0 Å². The molecule has 1 fully saturated rings. The molecule has 1 saturated heterocycles. The molecule has 1 aliphatic heterocycles. The second-order valence-electron chi connectivity index (χ2n) is 18.6. The van der Waals surface area contributed by atoms with Gasteiger partial charge in [0.25, 0.3) is 0 Å². The fourth-order valence-electron chi connectivity index (χ4n) is 8.60. The van der Waals surface area contributed by atoms with Crippen LogP contribution in [0.25, 0.3) is 0 Å². The Hall–Kier alpha value is -0.850. The molecule has 0 saturated carbocycles. The summed E-state index contributed by atoms with van der Waals surface area (Å²) in [5.74, 6) is -0.553. The first-order valence-electron chi connectivity index (χ1n) is 25.8. The molecule has 1 amide bonds. The quantitative estimate of drug-likeness (QED) is 0.0295. The number of hydrogen-bond donors (Lipinski definition) is 7. The molecular weight excluding hydrogens is 759 g/mol. The molecule has 1 aliphatic rings. The highest BCUT2D eigenvalue weighted by atomic mass is 16.7. The molecular formula is C50H99NO9. The van der Waals surface area contributed by atoms with Gasteiger partial charge in [-0.25, -0.2) is 0 Å². The van der Waals surface area contributed by atoms with Crippen molar-refractivity contribution in [2.75, 3.05) is 13.2 Å². The molecule has 0 aromatic heterocycles. The van der Waals surface area contributed by atoms with Crippen LogP contribution in [0, 0.1) is 5.92 Å². The first-order chi connectivity index (χ1) is 29.2. The van der Waals surface area contributed by atoms with E-state index >= 15 is 0 Å². The topological polar surface area (TPSA) is 169 Å². The molecule has 0 aliphatic carbocycles. The van der Waals surface area contributed by atoms with Crippen molar-refractivity contribution in [3.8, 4) is 0 Å². The third-order valence-electron chi connectivity index (χ3n) is 13.0. The first-order valence-corrected chi connectivity index (χ1v) is 25.8. The van der Waals surface area contributed by atoms with E-state index in [0.29, 0.717) is 12.8 Å². The molecule has 0 spiro atoms. The SMILES string of the molecule is CCCCCCCCCCCCCCCCCCCCCCCC(C)C(=O)N[C@@H](COC1OC(CO)C(O)C(O)C1O)[C@H](O)[C@H](O)CCCCCCCCCCCCCC. The largest absolute Gasteiger partial charge is 0.394 e. The van der Waals surface area contributed by atoms with Gasteiger partial charge in [0, 0.05) is 5.92 Å². The molecule has 0 bridgehead atoms. The third-order valence-corrected chi connectivity index (χ3v) is 13.0. The van der Waals surface area contributed by atoms with E-state index in [0.717, 1.165) is 44.9 Å². The smallest absolute Gasteiger partial charge is 0.223 e. The van der Waals surface area contributed by atoms with E-state index in [9.17, 15) is 35.4 Å². The predicted molar refractivity (Wildman–Crippen MR) is 246 cm³/mol. The minimum absolute atomic E-state index is 0.248. The molecule has 6 unspecified atom stereocenters. The van der Waals surface area contributed by atoms with Crippen molar-refractivity contribution >= 4 is 5.91 Å². The summed E-state index contributed by atoms with van der Waals surface area (Å²) in [6, 6.07) is -1.00. The molecule has 9 atom stereocenters. The van der Waals surface area contributed by atoms with Crippen molar-refractivity contribution in [2.24, 2.45) is 5.92 Å². The lowest BCUT2D eigenvalue weighted by Gasteiger charge is -2.40. The van der Waals surface area contributed by atoms with Crippen LogP contribution in [0.5, 0.6) is 0 Å². The second kappa shape index (κ2) is 39.7. The lowest BCUT2D eigenvalue weighted by Crippen LogP contribution is -2.60. The minimum atomic E-state index is -1.61. The maximum Gasteiger partial charge on any atom is 0.223 e. The molecule has 0 aromatic carbocycles. The molecule has 1 rings (SSSR count). The Labute approximate surface area is 368 Å². The van der Waals surface area contributed by atoms with Crippen LogP contribution < -0.4 is 5.32 Å². The number of rotatable bonds is 43. The van der Waals surface area contributed by atoms with Gasteiger partial charge in [-0.1, -0.05) is 233 Å². The van der Waals surface area contributed by atoms with Gasteiger partial charge in [-0.05, 0) is 12.8 Å². The maximum absolute atomic E-state index is 13.4. The molecule has 10 nitrogen and oxygen atoms in total. The van der Waals surface area contributed by atoms with Gasteiger partial charge in [0.15, 0.2) is 6.29 Å². The fraction of sp³-hybridized carbons (Fsp3) is 0.980. The Kier molecular flexibility index (Phi) is 37.8. The van der Waals surface area contributed by atoms with Crippen LogP contribution in [0.1, 0.15) is 245 Å². The molecule has 7 N–H and O–H groups in total. The van der Waals surface area contributed by atoms with Gasteiger partial charge in [0.05, 0.1) is 25.4 Å². The van der Waals surface area contributed by atoms with Crippen LogP contribution in [-0.2, 0) is 14.3 Å². The zero-order valence-electron chi connectivity index (χ0n) is 39.3. The Morgan fingerprint density at radius 3 is 1.25 bits per heavy atom. The Bertz CT molecular complexity index is 941. The molecule has 60 heavy (non-hydrogen) atoms. The Morgan fingerprint density at radius 2 is 0.883 bits per heavy atom. The van der Waals surface area contributed by atoms with Crippen LogP contribution in [0.3, 0.4) is 0 Å². The van der Waals surface area contributed by atoms with Gasteiger partial charge in [0.1, 0.15) is 30.5 Å². The average Bonchev–Trinajstić information content (AvgIpc) is 3.25. The standard InChI is InChI=1S/C50H99NO9/c1-4-6-8-10-12-14-16-18-19-20-21-22-23-24-25-26-27-29-31-33-35-37-41(3)49(58)51-42(40-59-50-48(57)47(56)46(55)44(39-52)60-50)45(54)43(53)38-36-34-32-30-28-17-15-13-11-9-7-5-2/h41-48,50,52-57H,4-40H2,1-3H3,(H,51,58)/t41?,42-,43+,44?,45-,46?,47?,48?,50?/m0/s1. The molecule has 0 radical (unpaired) electrons. The second-order valence-corrected chi connectivity index (χ2v) is 18.6. The molecule has 0 aromatic rings. The van der Waals surface area contributed by atoms with Crippen LogP contribution in [0.4, 0.5) is 0 Å². The molecule has 358 valence electrons. The summed E-state index contributed by atoms with van der Waals surface area (Å²) in [7, 11) is 0. The number of nitrogens with one attached hydrogen (secondary N) is 1. The average molecular weight is 858 g/mol. The molecule has 10 heteroatoms. The number of aliphatic hydroxyl groups excluding tert-OH is 6. The zero-order valence-corrected chi connectivity index (χ0v) is 39.3. The van der Waals surface area contributed by atoms with Gasteiger partial charge in [-0.3, -0.25) is 4.79 Å². The van der Waals surface area contributed by atoms with E-state index in [-0.39, 0.29) is 18.4 Å². The van der Waals surface area contributed by atoms with Gasteiger partial charge >= 0.3 is 0 Å². The number of unbranched alkanes of at least 4 members (excludes halogenated alkanes) is 31. The highest BCUT2D eigenvalue weighted by Gasteiger charge is 2.44. The lowest BCUT2D eigenvalue weighted by atomic mass is 9.97. The summed E-state index contributed by atoms with van der Waals surface area (Å²) < 4.78 is 11.2. The van der Waals surface area contributed by atoms with Crippen molar-refractivity contribution in [1.82, 2.24) is 5.32 Å². The lowest BCUT2D eigenvalue weighted by molar-refractivity contribution is -0.303. The van der Waals surface area contributed by atoms with Crippen LogP contribution in [0.15, 0.2) is 0 Å². The van der Waals surface area contributed by atoms with Crippen molar-refractivity contribution < 1.29 is 44.9 Å². The number of amides is 1. The number of aliphatic hydroxyl groups is 6. The van der Waals surface area contributed by atoms with Crippen LogP contribution in [0.2, 0.25) is 0 Å². The Morgan fingerprint density at radius 1 is 0.533 bits per heavy atom. The summed E-state index contributed by atoms with van der Waals surface area (Å²) >= 11 is 0. The van der Waals surface area contributed by atoms with Gasteiger partial charge in [0.2, 0.25) is 5.91 Å². The van der Waals surface area contributed by atoms with E-state index in [1.807, 2.05) is 6.92 Å². The fourth-order valence-corrected chi connectivity index (χ4v) is 8.60. The zero-order chi connectivity index (χ0) is 44.1. The number of ether oxygens (including phenoxy) is 2. The maximum atomic E-state index is 13.4. The summed E-state index contributed by atoms with van der Waals surface area (Å²) in [4.78, 5) is 13.4. The van der Waals surface area contributed by atoms with Crippen LogP contribution >= 0.6 is 0 Å². The van der Waals surface area contributed by atoms with Gasteiger partial charge in [-0.15, -0.1) is 0 Å². The van der Waals surface area contributed by atoms with E-state index in [4.69, 9.17) is 9.47 Å². The van der Waals surface area contributed by atoms with Crippen LogP contribution in [-0.4, -0.2) is 98.7 Å². The summed E-state index contributed by atoms with van der Waals surface area (Å²) in [6.45, 7) is 5.49. The van der Waals surface area contributed by atoms with Crippen molar-refractivity contribution in [3.05, 3.63) is 0 Å². The number of carbonyl (C=O) groups excluding carboxylic acids is 1. The highest BCUT2D eigenvalue weighted by Crippen LogP contribution is 2.24. The van der Waals surface area contributed by atoms with Gasteiger partial charge in [-0.2, -0.15) is 0 Å². The van der Waals surface area contributed by atoms with E-state index in [2.05, 4.69) is 19.2 Å². The van der Waals surface area contributed by atoms with Crippen molar-refractivity contribution in [2.45, 2.75) is 294 Å². The predicted octanol–water partition coefficient (Wildman–Crippen LogP) is 10.3. The summed E-state index contributed by atoms with van der Waals surface area (Å²) in [5, 5.41) is 65.6. The van der Waals surface area contributed by atoms with E-state index in [1.165, 1.54) is 167 Å². The number of carbonyl (C=O) groups is 1. The van der Waals surface area contributed by atoms with Gasteiger partial charge < -0.3 is 45.4 Å². The van der Waals surface area contributed by atoms with Crippen molar-refractivity contribution in [1.29, 1.82) is 0 Å². The Balaban J connectivity index is 2.34. The summed E-state index contributed by atoms with van der Waals surface area (Å²) in [5.41, 5.74) is 0. The minimum Gasteiger partial charge on any atom is -0.394 e. The third kappa shape index (κ3) is 28.8. The first kappa shape index (κ1) is 57.2. The van der Waals surface area contributed by atoms with Crippen molar-refractivity contribution in [3.63, 3.8) is 0 Å². The van der Waals surface area contributed by atoms with E-state index < -0.39 is 55.6 Å². The molecule has 1 heterocycles. The highest BCUT2D eigenvalue weighted by molar-refractivity contribution is 5.78.